The first-order valence-electron chi connectivity index (χ1n) is 13.7. The SMILES string of the molecule is CC(C)(C)OC(=O)NCCN(CC(=O)O)C(=O)Cn1cnc2c(OCc3ccc(OI)cc3)nc(NC(=O)OC(C)(C)C)nc21. The van der Waals surface area contributed by atoms with E-state index in [4.69, 9.17) is 17.3 Å². The van der Waals surface area contributed by atoms with Gasteiger partial charge in [-0.2, -0.15) is 9.97 Å². The van der Waals surface area contributed by atoms with Crippen LogP contribution in [-0.2, 0) is 32.2 Å². The lowest BCUT2D eigenvalue weighted by Crippen LogP contribution is -2.43. The van der Waals surface area contributed by atoms with Gasteiger partial charge in [0.15, 0.2) is 34.2 Å². The molecule has 0 atom stereocenters. The number of carbonyl (C=O) groups is 4. The predicted molar refractivity (Wildman–Crippen MR) is 169 cm³/mol. The van der Waals surface area contributed by atoms with Crippen molar-refractivity contribution < 1.29 is 41.6 Å². The molecule has 45 heavy (non-hydrogen) atoms. The van der Waals surface area contributed by atoms with E-state index in [0.29, 0.717) is 5.75 Å². The topological polar surface area (TPSA) is 196 Å². The molecule has 0 aliphatic heterocycles. The Morgan fingerprint density at radius 1 is 0.978 bits per heavy atom. The van der Waals surface area contributed by atoms with Crippen molar-refractivity contribution in [2.75, 3.05) is 25.0 Å². The van der Waals surface area contributed by atoms with Crippen LogP contribution in [0.5, 0.6) is 11.6 Å². The zero-order valence-electron chi connectivity index (χ0n) is 25.7. The van der Waals surface area contributed by atoms with Crippen molar-refractivity contribution in [2.45, 2.75) is 65.9 Å². The Bertz CT molecular complexity index is 1520. The lowest BCUT2D eigenvalue weighted by Gasteiger charge is -2.23. The summed E-state index contributed by atoms with van der Waals surface area (Å²) in [6, 6.07) is 7.14. The number of aliphatic carboxylic acids is 1. The van der Waals surface area contributed by atoms with E-state index in [2.05, 4.69) is 25.6 Å². The van der Waals surface area contributed by atoms with E-state index in [1.54, 1.807) is 88.8 Å². The molecule has 17 heteroatoms. The number of hydrogen-bond acceptors (Lipinski definition) is 11. The van der Waals surface area contributed by atoms with Gasteiger partial charge in [0.25, 0.3) is 0 Å². The van der Waals surface area contributed by atoms with Crippen LogP contribution in [0.25, 0.3) is 11.2 Å². The highest BCUT2D eigenvalue weighted by Gasteiger charge is 2.23. The molecule has 0 unspecified atom stereocenters. The molecule has 0 aliphatic carbocycles. The molecule has 0 saturated carbocycles. The van der Waals surface area contributed by atoms with Crippen LogP contribution in [0.2, 0.25) is 0 Å². The van der Waals surface area contributed by atoms with E-state index in [0.717, 1.165) is 10.5 Å². The summed E-state index contributed by atoms with van der Waals surface area (Å²) in [5.41, 5.74) is -0.392. The standard InChI is InChI=1S/C28H36IN7O9/c1-27(2,3)43-25(40)30-11-12-35(14-20(38)39)19(37)13-36-16-31-21-22(36)32-24(34-26(41)44-28(4,5)6)33-23(21)42-15-17-7-9-18(45-29)10-8-17/h7-10,16H,11-15H2,1-6H3,(H,30,40)(H,38,39)(H,32,33,34,41). The second kappa shape index (κ2) is 15.0. The van der Waals surface area contributed by atoms with E-state index in [9.17, 15) is 24.3 Å². The monoisotopic (exact) mass is 741 g/mol. The molecule has 16 nitrogen and oxygen atoms in total. The minimum atomic E-state index is -1.24. The molecule has 2 aromatic heterocycles. The van der Waals surface area contributed by atoms with Gasteiger partial charge in [-0.1, -0.05) is 12.1 Å². The summed E-state index contributed by atoms with van der Waals surface area (Å²) < 4.78 is 23.0. The summed E-state index contributed by atoms with van der Waals surface area (Å²) in [5.74, 6) is -1.32. The first-order valence-corrected chi connectivity index (χ1v) is 14.6. The van der Waals surface area contributed by atoms with Crippen LogP contribution in [0.1, 0.15) is 47.1 Å². The number of ether oxygens (including phenoxy) is 3. The lowest BCUT2D eigenvalue weighted by atomic mass is 10.2. The molecule has 244 valence electrons. The summed E-state index contributed by atoms with van der Waals surface area (Å²) in [5, 5.41) is 14.4. The van der Waals surface area contributed by atoms with Crippen molar-refractivity contribution in [1.29, 1.82) is 0 Å². The average Bonchev–Trinajstić information content (AvgIpc) is 3.31. The molecule has 3 aromatic rings. The molecule has 1 aromatic carbocycles. The maximum Gasteiger partial charge on any atom is 0.414 e. The minimum absolute atomic E-state index is 0.0235. The molecule has 0 bridgehead atoms. The van der Waals surface area contributed by atoms with Crippen LogP contribution in [0.4, 0.5) is 15.5 Å². The number of benzene rings is 1. The number of hydrogen-bond donors (Lipinski definition) is 3. The number of imidazole rings is 1. The van der Waals surface area contributed by atoms with Crippen molar-refractivity contribution in [3.8, 4) is 11.6 Å². The van der Waals surface area contributed by atoms with Crippen molar-refractivity contribution >= 4 is 64.2 Å². The largest absolute Gasteiger partial charge is 0.480 e. The van der Waals surface area contributed by atoms with E-state index in [-0.39, 0.29) is 49.2 Å². The van der Waals surface area contributed by atoms with Gasteiger partial charge in [0, 0.05) is 13.1 Å². The zero-order valence-corrected chi connectivity index (χ0v) is 27.9. The van der Waals surface area contributed by atoms with Crippen LogP contribution >= 0.6 is 23.0 Å². The normalized spacial score (nSPS) is 11.4. The van der Waals surface area contributed by atoms with Crippen molar-refractivity contribution in [2.24, 2.45) is 0 Å². The van der Waals surface area contributed by atoms with Crippen molar-refractivity contribution in [3.63, 3.8) is 0 Å². The van der Waals surface area contributed by atoms with E-state index < -0.39 is 41.8 Å². The summed E-state index contributed by atoms with van der Waals surface area (Å²) in [6.45, 7) is 9.17. The number of carbonyl (C=O) groups excluding carboxylic acids is 3. The van der Waals surface area contributed by atoms with E-state index in [1.165, 1.54) is 10.9 Å². The fourth-order valence-corrected chi connectivity index (χ4v) is 3.98. The van der Waals surface area contributed by atoms with Gasteiger partial charge in [-0.05, 0) is 59.2 Å². The summed E-state index contributed by atoms with van der Waals surface area (Å²) in [7, 11) is 0. The number of nitrogens with zero attached hydrogens (tertiary/aromatic N) is 5. The number of anilines is 1. The number of carboxylic acids is 1. The first kappa shape index (κ1) is 35.1. The van der Waals surface area contributed by atoms with E-state index in [1.807, 2.05) is 0 Å². The van der Waals surface area contributed by atoms with Crippen LogP contribution in [0.15, 0.2) is 30.6 Å². The van der Waals surface area contributed by atoms with Gasteiger partial charge < -0.3 is 37.2 Å². The third-order valence-electron chi connectivity index (χ3n) is 5.47. The number of nitrogens with one attached hydrogen (secondary N) is 2. The van der Waals surface area contributed by atoms with E-state index >= 15 is 0 Å². The first-order chi connectivity index (χ1) is 21.0. The minimum Gasteiger partial charge on any atom is -0.480 e. The summed E-state index contributed by atoms with van der Waals surface area (Å²) in [6.07, 6.45) is -0.185. The maximum absolute atomic E-state index is 13.3. The zero-order chi connectivity index (χ0) is 33.4. The smallest absolute Gasteiger partial charge is 0.414 e. The third kappa shape index (κ3) is 11.5. The summed E-state index contributed by atoms with van der Waals surface area (Å²) >= 11 is 1.78. The highest BCUT2D eigenvalue weighted by Crippen LogP contribution is 2.25. The Kier molecular flexibility index (Phi) is 11.7. The Morgan fingerprint density at radius 3 is 2.22 bits per heavy atom. The molecule has 0 radical (unpaired) electrons. The molecule has 0 fully saturated rings. The van der Waals surface area contributed by atoms with Gasteiger partial charge in [0.2, 0.25) is 17.7 Å². The van der Waals surface area contributed by atoms with Crippen LogP contribution in [0, 0.1) is 0 Å². The molecule has 0 aliphatic rings. The van der Waals surface area contributed by atoms with Gasteiger partial charge in [-0.15, -0.1) is 0 Å². The van der Waals surface area contributed by atoms with Crippen LogP contribution < -0.4 is 18.4 Å². The van der Waals surface area contributed by atoms with Gasteiger partial charge in [0.05, 0.1) is 6.33 Å². The van der Waals surface area contributed by atoms with Gasteiger partial charge in [-0.3, -0.25) is 14.9 Å². The Labute approximate surface area is 273 Å². The number of aromatic nitrogens is 4. The molecule has 3 rings (SSSR count). The fraction of sp³-hybridized carbons (Fsp3) is 0.464. The number of alkyl carbamates (subject to hydrolysis) is 1. The number of rotatable bonds is 12. The van der Waals surface area contributed by atoms with Crippen LogP contribution in [-0.4, -0.2) is 84.4 Å². The molecular formula is C28H36IN7O9. The lowest BCUT2D eigenvalue weighted by molar-refractivity contribution is -0.144. The molecule has 0 spiro atoms. The maximum atomic E-state index is 13.3. The average molecular weight is 742 g/mol. The second-order valence-corrected chi connectivity index (χ2v) is 12.1. The van der Waals surface area contributed by atoms with Gasteiger partial charge in [0.1, 0.15) is 36.6 Å². The number of halogens is 1. The van der Waals surface area contributed by atoms with Gasteiger partial charge in [-0.25, -0.2) is 14.6 Å². The molecule has 2 heterocycles. The highest BCUT2D eigenvalue weighted by atomic mass is 127. The number of fused-ring (bicyclic) bond motifs is 1. The fourth-order valence-electron chi connectivity index (χ4n) is 3.68. The molecular weight excluding hydrogens is 705 g/mol. The number of amides is 3. The van der Waals surface area contributed by atoms with Crippen molar-refractivity contribution in [3.05, 3.63) is 36.2 Å². The predicted octanol–water partition coefficient (Wildman–Crippen LogP) is 3.92. The Hall–Kier alpha value is -4.42. The summed E-state index contributed by atoms with van der Waals surface area (Å²) in [4.78, 5) is 63.3. The second-order valence-electron chi connectivity index (χ2n) is 11.7. The molecule has 0 saturated heterocycles. The molecule has 3 amide bonds. The quantitative estimate of drug-likeness (QED) is 0.227. The van der Waals surface area contributed by atoms with Crippen LogP contribution in [0.3, 0.4) is 0 Å². The van der Waals surface area contributed by atoms with Gasteiger partial charge >= 0.3 is 18.2 Å². The third-order valence-corrected chi connectivity index (χ3v) is 5.98. The Morgan fingerprint density at radius 2 is 1.62 bits per heavy atom. The Balaban J connectivity index is 1.85. The van der Waals surface area contributed by atoms with Crippen molar-refractivity contribution in [1.82, 2.24) is 29.7 Å². The molecule has 3 N–H and O–H groups in total. The number of carboxylic acid groups (broad SMARTS) is 1. The highest BCUT2D eigenvalue weighted by molar-refractivity contribution is 14.1.